The van der Waals surface area contributed by atoms with E-state index >= 15 is 0 Å². The number of para-hydroxylation sites is 1. The summed E-state index contributed by atoms with van der Waals surface area (Å²) in [7, 11) is 0. The molecule has 2 rings (SSSR count). The topological polar surface area (TPSA) is 9.23 Å². The second-order valence-corrected chi connectivity index (χ2v) is 5.24. The van der Waals surface area contributed by atoms with E-state index in [9.17, 15) is 0 Å². The van der Waals surface area contributed by atoms with Crippen LogP contribution in [-0.4, -0.2) is 0 Å². The maximum absolute atomic E-state index is 6.43. The van der Waals surface area contributed by atoms with Crippen molar-refractivity contribution in [3.63, 3.8) is 0 Å². The van der Waals surface area contributed by atoms with Gasteiger partial charge in [0, 0.05) is 0 Å². The van der Waals surface area contributed by atoms with Crippen LogP contribution >= 0.6 is 11.6 Å². The lowest BCUT2D eigenvalue weighted by molar-refractivity contribution is 0.481. The Balaban J connectivity index is 2.06. The Kier molecular flexibility index (Phi) is 4.86. The summed E-state index contributed by atoms with van der Waals surface area (Å²) in [6.45, 7) is 4.33. The van der Waals surface area contributed by atoms with Crippen molar-refractivity contribution in [2.45, 2.75) is 25.6 Å². The predicted octanol–water partition coefficient (Wildman–Crippen LogP) is 5.80. The lowest BCUT2D eigenvalue weighted by Gasteiger charge is -2.16. The monoisotopic (exact) mass is 274 g/mol. The first-order chi connectivity index (χ1) is 9.20. The molecule has 2 unspecified atom stereocenters. The SMILES string of the molecule is CCC(C)C(Cl)c1ccc(Oc2ccccc2)cc1. The molecule has 0 fully saturated rings. The number of halogens is 1. The molecular weight excluding hydrogens is 256 g/mol. The van der Waals surface area contributed by atoms with Crippen molar-refractivity contribution in [3.05, 3.63) is 60.2 Å². The van der Waals surface area contributed by atoms with E-state index in [1.54, 1.807) is 0 Å². The highest BCUT2D eigenvalue weighted by Gasteiger charge is 2.14. The maximum Gasteiger partial charge on any atom is 0.127 e. The van der Waals surface area contributed by atoms with Crippen LogP contribution in [-0.2, 0) is 0 Å². The van der Waals surface area contributed by atoms with E-state index in [1.807, 2.05) is 54.6 Å². The molecule has 2 heteroatoms. The summed E-state index contributed by atoms with van der Waals surface area (Å²) in [5, 5.41) is 0.0655. The Morgan fingerprint density at radius 2 is 1.53 bits per heavy atom. The summed E-state index contributed by atoms with van der Waals surface area (Å²) in [6, 6.07) is 17.8. The quantitative estimate of drug-likeness (QED) is 0.626. The molecule has 0 aliphatic heterocycles. The molecule has 19 heavy (non-hydrogen) atoms. The summed E-state index contributed by atoms with van der Waals surface area (Å²) < 4.78 is 5.76. The largest absolute Gasteiger partial charge is 0.457 e. The van der Waals surface area contributed by atoms with Crippen molar-refractivity contribution in [3.8, 4) is 11.5 Å². The molecule has 0 bridgehead atoms. The number of hydrogen-bond acceptors (Lipinski definition) is 1. The average molecular weight is 275 g/mol. The molecule has 1 nitrogen and oxygen atoms in total. The van der Waals surface area contributed by atoms with E-state index < -0.39 is 0 Å². The predicted molar refractivity (Wildman–Crippen MR) is 81.0 cm³/mol. The van der Waals surface area contributed by atoms with Gasteiger partial charge in [-0.15, -0.1) is 11.6 Å². The maximum atomic E-state index is 6.43. The third-order valence-corrected chi connectivity index (χ3v) is 4.00. The molecule has 0 N–H and O–H groups in total. The molecule has 2 atom stereocenters. The number of rotatable bonds is 5. The molecule has 0 amide bonds. The molecule has 2 aromatic carbocycles. The van der Waals surface area contributed by atoms with Crippen molar-refractivity contribution in [1.82, 2.24) is 0 Å². The number of hydrogen-bond donors (Lipinski definition) is 0. The van der Waals surface area contributed by atoms with Gasteiger partial charge in [0.05, 0.1) is 5.38 Å². The lowest BCUT2D eigenvalue weighted by atomic mass is 9.98. The van der Waals surface area contributed by atoms with Gasteiger partial charge in [-0.05, 0) is 35.7 Å². The number of benzene rings is 2. The molecule has 0 saturated heterocycles. The van der Waals surface area contributed by atoms with Gasteiger partial charge in [-0.25, -0.2) is 0 Å². The van der Waals surface area contributed by atoms with E-state index in [-0.39, 0.29) is 5.38 Å². The van der Waals surface area contributed by atoms with E-state index in [4.69, 9.17) is 16.3 Å². The van der Waals surface area contributed by atoms with E-state index in [0.717, 1.165) is 23.5 Å². The van der Waals surface area contributed by atoms with Gasteiger partial charge in [0.2, 0.25) is 0 Å². The third-order valence-electron chi connectivity index (χ3n) is 3.32. The van der Waals surface area contributed by atoms with Gasteiger partial charge in [0.15, 0.2) is 0 Å². The van der Waals surface area contributed by atoms with Crippen LogP contribution in [0.1, 0.15) is 31.2 Å². The van der Waals surface area contributed by atoms with Crippen LogP contribution in [0.15, 0.2) is 54.6 Å². The second kappa shape index (κ2) is 6.63. The fraction of sp³-hybridized carbons (Fsp3) is 0.294. The molecular formula is C17H19ClO. The van der Waals surface area contributed by atoms with Crippen LogP contribution in [0.2, 0.25) is 0 Å². The lowest BCUT2D eigenvalue weighted by Crippen LogP contribution is -2.02. The highest BCUT2D eigenvalue weighted by molar-refractivity contribution is 6.21. The normalized spacial score (nSPS) is 13.8. The first-order valence-corrected chi connectivity index (χ1v) is 7.11. The third kappa shape index (κ3) is 3.74. The highest BCUT2D eigenvalue weighted by atomic mass is 35.5. The molecule has 0 heterocycles. The van der Waals surface area contributed by atoms with Gasteiger partial charge in [0.25, 0.3) is 0 Å². The zero-order chi connectivity index (χ0) is 13.7. The molecule has 0 aliphatic rings. The molecule has 0 spiro atoms. The Morgan fingerprint density at radius 1 is 0.947 bits per heavy atom. The zero-order valence-corrected chi connectivity index (χ0v) is 12.1. The molecule has 100 valence electrons. The Labute approximate surface area is 120 Å². The van der Waals surface area contributed by atoms with Gasteiger partial charge < -0.3 is 4.74 Å². The Morgan fingerprint density at radius 3 is 2.11 bits per heavy atom. The Bertz CT molecular complexity index is 492. The van der Waals surface area contributed by atoms with Crippen LogP contribution < -0.4 is 4.74 Å². The molecule has 0 radical (unpaired) electrons. The van der Waals surface area contributed by atoms with Crippen LogP contribution in [0.4, 0.5) is 0 Å². The van der Waals surface area contributed by atoms with E-state index in [2.05, 4.69) is 13.8 Å². The van der Waals surface area contributed by atoms with Gasteiger partial charge in [0.1, 0.15) is 11.5 Å². The standard InChI is InChI=1S/C17H19ClO/c1-3-13(2)17(18)14-9-11-16(12-10-14)19-15-7-5-4-6-8-15/h4-13,17H,3H2,1-2H3. The summed E-state index contributed by atoms with van der Waals surface area (Å²) in [4.78, 5) is 0. The summed E-state index contributed by atoms with van der Waals surface area (Å²) in [5.41, 5.74) is 1.15. The first kappa shape index (κ1) is 14.0. The minimum Gasteiger partial charge on any atom is -0.457 e. The van der Waals surface area contributed by atoms with Crippen LogP contribution in [0.5, 0.6) is 11.5 Å². The van der Waals surface area contributed by atoms with Crippen molar-refractivity contribution >= 4 is 11.6 Å². The van der Waals surface area contributed by atoms with Crippen LogP contribution in [0, 0.1) is 5.92 Å². The zero-order valence-electron chi connectivity index (χ0n) is 11.3. The summed E-state index contributed by atoms with van der Waals surface area (Å²) in [6.07, 6.45) is 1.08. The molecule has 2 aromatic rings. The fourth-order valence-electron chi connectivity index (χ4n) is 1.88. The second-order valence-electron chi connectivity index (χ2n) is 4.77. The average Bonchev–Trinajstić information content (AvgIpc) is 2.47. The van der Waals surface area contributed by atoms with Gasteiger partial charge in [-0.2, -0.15) is 0 Å². The number of alkyl halides is 1. The van der Waals surface area contributed by atoms with E-state index in [1.165, 1.54) is 0 Å². The van der Waals surface area contributed by atoms with Crippen molar-refractivity contribution in [1.29, 1.82) is 0 Å². The Hall–Kier alpha value is -1.47. The van der Waals surface area contributed by atoms with Gasteiger partial charge >= 0.3 is 0 Å². The molecule has 0 aromatic heterocycles. The highest BCUT2D eigenvalue weighted by Crippen LogP contribution is 2.32. The fourth-order valence-corrected chi connectivity index (χ4v) is 2.20. The molecule has 0 saturated carbocycles. The van der Waals surface area contributed by atoms with Gasteiger partial charge in [-0.1, -0.05) is 50.6 Å². The summed E-state index contributed by atoms with van der Waals surface area (Å²) >= 11 is 6.43. The minimum atomic E-state index is 0.0655. The summed E-state index contributed by atoms with van der Waals surface area (Å²) in [5.74, 6) is 2.16. The molecule has 0 aliphatic carbocycles. The van der Waals surface area contributed by atoms with Crippen molar-refractivity contribution in [2.24, 2.45) is 5.92 Å². The van der Waals surface area contributed by atoms with Gasteiger partial charge in [-0.3, -0.25) is 0 Å². The number of ether oxygens (including phenoxy) is 1. The minimum absolute atomic E-state index is 0.0655. The van der Waals surface area contributed by atoms with Crippen LogP contribution in [0.25, 0.3) is 0 Å². The van der Waals surface area contributed by atoms with Crippen molar-refractivity contribution < 1.29 is 4.74 Å². The van der Waals surface area contributed by atoms with Crippen molar-refractivity contribution in [2.75, 3.05) is 0 Å². The first-order valence-electron chi connectivity index (χ1n) is 6.67. The smallest absolute Gasteiger partial charge is 0.127 e. The van der Waals surface area contributed by atoms with E-state index in [0.29, 0.717) is 5.92 Å². The van der Waals surface area contributed by atoms with Crippen LogP contribution in [0.3, 0.4) is 0 Å².